The number of hydrogen-bond donors (Lipinski definition) is 1. The van der Waals surface area contributed by atoms with Crippen molar-refractivity contribution in [2.75, 3.05) is 0 Å². The van der Waals surface area contributed by atoms with Crippen molar-refractivity contribution in [3.63, 3.8) is 0 Å². The van der Waals surface area contributed by atoms with Gasteiger partial charge in [0.15, 0.2) is 0 Å². The smallest absolute Gasteiger partial charge is 0.127 e. The lowest BCUT2D eigenvalue weighted by molar-refractivity contribution is 0.467. The molecule has 2 aromatic rings. The fourth-order valence-electron chi connectivity index (χ4n) is 2.01. The minimum absolute atomic E-state index is 0.0526. The van der Waals surface area contributed by atoms with E-state index in [2.05, 4.69) is 10.3 Å². The van der Waals surface area contributed by atoms with E-state index in [-0.39, 0.29) is 17.9 Å². The molecule has 0 spiro atoms. The summed E-state index contributed by atoms with van der Waals surface area (Å²) in [5, 5.41) is 3.35. The van der Waals surface area contributed by atoms with Gasteiger partial charge in [-0.15, -0.1) is 0 Å². The summed E-state index contributed by atoms with van der Waals surface area (Å²) in [5.41, 5.74) is 1.64. The second-order valence-electron chi connectivity index (χ2n) is 4.39. The summed E-state index contributed by atoms with van der Waals surface area (Å²) in [6, 6.07) is 12.7. The van der Waals surface area contributed by atoms with E-state index in [4.69, 9.17) is 0 Å². The monoisotopic (exact) mass is 244 g/mol. The summed E-state index contributed by atoms with van der Waals surface area (Å²) in [6.45, 7) is 3.98. The van der Waals surface area contributed by atoms with Crippen LogP contribution in [0.4, 0.5) is 4.39 Å². The summed E-state index contributed by atoms with van der Waals surface area (Å²) in [5.74, 6) is -0.175. The number of nitrogens with one attached hydrogen (secondary N) is 1. The molecule has 1 aromatic carbocycles. The van der Waals surface area contributed by atoms with Crippen molar-refractivity contribution in [1.82, 2.24) is 10.3 Å². The van der Waals surface area contributed by atoms with Crippen molar-refractivity contribution < 1.29 is 4.39 Å². The fourth-order valence-corrected chi connectivity index (χ4v) is 2.01. The second-order valence-corrected chi connectivity index (χ2v) is 4.39. The topological polar surface area (TPSA) is 24.9 Å². The van der Waals surface area contributed by atoms with Crippen molar-refractivity contribution in [3.05, 3.63) is 65.7 Å². The first-order valence-corrected chi connectivity index (χ1v) is 6.10. The number of nitrogens with zero attached hydrogens (tertiary/aromatic N) is 1. The molecule has 94 valence electrons. The minimum atomic E-state index is -0.175. The van der Waals surface area contributed by atoms with Gasteiger partial charge in [-0.3, -0.25) is 4.98 Å². The van der Waals surface area contributed by atoms with E-state index in [0.29, 0.717) is 5.56 Å². The average Bonchev–Trinajstić information content (AvgIpc) is 2.40. The Bertz CT molecular complexity index is 499. The molecule has 0 saturated heterocycles. The standard InChI is InChI=1S/C15H17FN2/c1-11(13-7-3-4-8-14(13)16)18-12(2)15-9-5-6-10-17-15/h3-12,18H,1-2H3/t11?,12-/m1/s1. The van der Waals surface area contributed by atoms with Gasteiger partial charge in [-0.05, 0) is 32.0 Å². The van der Waals surface area contributed by atoms with Gasteiger partial charge < -0.3 is 5.32 Å². The number of rotatable bonds is 4. The summed E-state index contributed by atoms with van der Waals surface area (Å²) >= 11 is 0. The Morgan fingerprint density at radius 2 is 1.72 bits per heavy atom. The molecule has 0 fully saturated rings. The number of hydrogen-bond acceptors (Lipinski definition) is 2. The SMILES string of the molecule is CC(N[C@H](C)c1ccccn1)c1ccccc1F. The van der Waals surface area contributed by atoms with Crippen LogP contribution in [-0.4, -0.2) is 4.98 Å². The fraction of sp³-hybridized carbons (Fsp3) is 0.267. The largest absolute Gasteiger partial charge is 0.302 e. The van der Waals surface area contributed by atoms with Gasteiger partial charge in [0.1, 0.15) is 5.82 Å². The van der Waals surface area contributed by atoms with E-state index < -0.39 is 0 Å². The molecule has 1 N–H and O–H groups in total. The molecule has 0 aliphatic rings. The van der Waals surface area contributed by atoms with Gasteiger partial charge in [0.2, 0.25) is 0 Å². The van der Waals surface area contributed by atoms with Gasteiger partial charge in [-0.1, -0.05) is 24.3 Å². The van der Waals surface area contributed by atoms with Crippen LogP contribution in [0.15, 0.2) is 48.7 Å². The van der Waals surface area contributed by atoms with E-state index in [9.17, 15) is 4.39 Å². The van der Waals surface area contributed by atoms with E-state index >= 15 is 0 Å². The Morgan fingerprint density at radius 3 is 2.39 bits per heavy atom. The third-order valence-electron chi connectivity index (χ3n) is 3.00. The van der Waals surface area contributed by atoms with Crippen LogP contribution >= 0.6 is 0 Å². The van der Waals surface area contributed by atoms with Gasteiger partial charge >= 0.3 is 0 Å². The Hall–Kier alpha value is -1.74. The molecule has 0 radical (unpaired) electrons. The predicted octanol–water partition coefficient (Wildman–Crippen LogP) is 3.63. The first kappa shape index (κ1) is 12.7. The lowest BCUT2D eigenvalue weighted by atomic mass is 10.1. The number of benzene rings is 1. The molecule has 0 aliphatic carbocycles. The van der Waals surface area contributed by atoms with Crippen molar-refractivity contribution in [1.29, 1.82) is 0 Å². The zero-order valence-electron chi connectivity index (χ0n) is 10.6. The number of halogens is 1. The molecule has 18 heavy (non-hydrogen) atoms. The predicted molar refractivity (Wildman–Crippen MR) is 70.6 cm³/mol. The molecule has 2 atom stereocenters. The maximum atomic E-state index is 13.6. The zero-order chi connectivity index (χ0) is 13.0. The highest BCUT2D eigenvalue weighted by atomic mass is 19.1. The normalized spacial score (nSPS) is 14.2. The number of pyridine rings is 1. The Kier molecular flexibility index (Phi) is 4.05. The molecule has 0 bridgehead atoms. The van der Waals surface area contributed by atoms with Crippen LogP contribution in [0.5, 0.6) is 0 Å². The lowest BCUT2D eigenvalue weighted by Gasteiger charge is -2.20. The summed E-state index contributed by atoms with van der Waals surface area (Å²) < 4.78 is 13.6. The summed E-state index contributed by atoms with van der Waals surface area (Å²) in [6.07, 6.45) is 1.77. The van der Waals surface area contributed by atoms with Gasteiger partial charge in [0.05, 0.1) is 5.69 Å². The first-order chi connectivity index (χ1) is 8.68. The molecule has 1 unspecified atom stereocenters. The highest BCUT2D eigenvalue weighted by Gasteiger charge is 2.14. The van der Waals surface area contributed by atoms with Crippen LogP contribution in [0.3, 0.4) is 0 Å². The van der Waals surface area contributed by atoms with Crippen LogP contribution in [0.2, 0.25) is 0 Å². The highest BCUT2D eigenvalue weighted by molar-refractivity contribution is 5.21. The van der Waals surface area contributed by atoms with Crippen molar-refractivity contribution in [2.45, 2.75) is 25.9 Å². The summed E-state index contributed by atoms with van der Waals surface area (Å²) in [7, 11) is 0. The van der Waals surface area contributed by atoms with E-state index in [0.717, 1.165) is 5.69 Å². The minimum Gasteiger partial charge on any atom is -0.302 e. The van der Waals surface area contributed by atoms with Gasteiger partial charge in [0.25, 0.3) is 0 Å². The molecule has 1 heterocycles. The van der Waals surface area contributed by atoms with E-state index in [1.807, 2.05) is 38.1 Å². The Labute approximate surface area is 107 Å². The molecule has 3 heteroatoms. The third-order valence-corrected chi connectivity index (χ3v) is 3.00. The summed E-state index contributed by atoms with van der Waals surface area (Å²) in [4.78, 5) is 4.29. The lowest BCUT2D eigenvalue weighted by Crippen LogP contribution is -2.23. The molecule has 0 saturated carbocycles. The molecule has 2 nitrogen and oxygen atoms in total. The van der Waals surface area contributed by atoms with Crippen LogP contribution in [-0.2, 0) is 0 Å². The van der Waals surface area contributed by atoms with Crippen molar-refractivity contribution in [2.24, 2.45) is 0 Å². The second kappa shape index (κ2) is 5.74. The van der Waals surface area contributed by atoms with Crippen molar-refractivity contribution >= 4 is 0 Å². The van der Waals surface area contributed by atoms with E-state index in [1.165, 1.54) is 6.07 Å². The maximum Gasteiger partial charge on any atom is 0.127 e. The first-order valence-electron chi connectivity index (χ1n) is 6.10. The quantitative estimate of drug-likeness (QED) is 0.888. The zero-order valence-corrected chi connectivity index (χ0v) is 10.6. The Balaban J connectivity index is 2.08. The van der Waals surface area contributed by atoms with Crippen LogP contribution in [0, 0.1) is 5.82 Å². The Morgan fingerprint density at radius 1 is 1.00 bits per heavy atom. The molecule has 2 rings (SSSR count). The van der Waals surface area contributed by atoms with Crippen LogP contribution in [0.25, 0.3) is 0 Å². The maximum absolute atomic E-state index is 13.6. The third kappa shape index (κ3) is 2.93. The molecular formula is C15H17FN2. The molecular weight excluding hydrogens is 227 g/mol. The van der Waals surface area contributed by atoms with Gasteiger partial charge in [-0.25, -0.2) is 4.39 Å². The van der Waals surface area contributed by atoms with Crippen molar-refractivity contribution in [3.8, 4) is 0 Å². The van der Waals surface area contributed by atoms with E-state index in [1.54, 1.807) is 18.3 Å². The van der Waals surface area contributed by atoms with Gasteiger partial charge in [0, 0.05) is 23.8 Å². The molecule has 0 aliphatic heterocycles. The highest BCUT2D eigenvalue weighted by Crippen LogP contribution is 2.20. The van der Waals surface area contributed by atoms with Gasteiger partial charge in [-0.2, -0.15) is 0 Å². The number of aromatic nitrogens is 1. The van der Waals surface area contributed by atoms with Crippen LogP contribution in [0.1, 0.15) is 37.2 Å². The molecule has 1 aromatic heterocycles. The average molecular weight is 244 g/mol. The van der Waals surface area contributed by atoms with Crippen LogP contribution < -0.4 is 5.32 Å². The molecule has 0 amide bonds.